The van der Waals surface area contributed by atoms with E-state index in [1.54, 1.807) is 0 Å². The minimum Gasteiger partial charge on any atom is -0.467 e. The number of hydrogen-bond acceptors (Lipinski definition) is 6. The number of ether oxygens (including phenoxy) is 4. The van der Waals surface area contributed by atoms with Crippen molar-refractivity contribution in [3.63, 3.8) is 0 Å². The Bertz CT molecular complexity index is 312. The Morgan fingerprint density at radius 1 is 0.895 bits per heavy atom. The number of rotatable bonds is 3. The Morgan fingerprint density at radius 3 is 1.79 bits per heavy atom. The fourth-order valence-electron chi connectivity index (χ4n) is 2.68. The highest BCUT2D eigenvalue weighted by molar-refractivity contribution is 5.86. The molecular formula is C13H20O6. The summed E-state index contributed by atoms with van der Waals surface area (Å²) in [6.45, 7) is 0. The molecule has 2 aliphatic rings. The monoisotopic (exact) mass is 272 g/mol. The Labute approximate surface area is 112 Å². The third-order valence-electron chi connectivity index (χ3n) is 3.74. The van der Waals surface area contributed by atoms with Crippen molar-refractivity contribution in [3.8, 4) is 0 Å². The van der Waals surface area contributed by atoms with Gasteiger partial charge >= 0.3 is 11.9 Å². The van der Waals surface area contributed by atoms with Crippen LogP contribution in [0.1, 0.15) is 32.1 Å². The summed E-state index contributed by atoms with van der Waals surface area (Å²) >= 11 is 0. The van der Waals surface area contributed by atoms with Gasteiger partial charge < -0.3 is 18.9 Å². The summed E-state index contributed by atoms with van der Waals surface area (Å²) in [5.74, 6) is -0.974. The van der Waals surface area contributed by atoms with Gasteiger partial charge in [-0.25, -0.2) is 9.59 Å². The van der Waals surface area contributed by atoms with Gasteiger partial charge in [0.15, 0.2) is 18.5 Å². The summed E-state index contributed by atoms with van der Waals surface area (Å²) in [4.78, 5) is 23.3. The highest BCUT2D eigenvalue weighted by atomic mass is 16.8. The predicted octanol–water partition coefficient (Wildman–Crippen LogP) is 1.02. The smallest absolute Gasteiger partial charge is 0.338 e. The lowest BCUT2D eigenvalue weighted by Crippen LogP contribution is -2.38. The maximum absolute atomic E-state index is 11.6. The van der Waals surface area contributed by atoms with Crippen LogP contribution in [0.4, 0.5) is 0 Å². The summed E-state index contributed by atoms with van der Waals surface area (Å²) in [6, 6.07) is 0. The van der Waals surface area contributed by atoms with Gasteiger partial charge in [-0.1, -0.05) is 19.3 Å². The van der Waals surface area contributed by atoms with Crippen molar-refractivity contribution in [3.05, 3.63) is 0 Å². The molecule has 0 unspecified atom stereocenters. The van der Waals surface area contributed by atoms with Crippen LogP contribution in [-0.4, -0.2) is 44.7 Å². The summed E-state index contributed by atoms with van der Waals surface area (Å²) in [7, 11) is 2.52. The lowest BCUT2D eigenvalue weighted by molar-refractivity contribution is -0.160. The largest absolute Gasteiger partial charge is 0.467 e. The van der Waals surface area contributed by atoms with Crippen LogP contribution >= 0.6 is 0 Å². The van der Waals surface area contributed by atoms with Gasteiger partial charge in [0.05, 0.1) is 14.2 Å². The Hall–Kier alpha value is -1.14. The van der Waals surface area contributed by atoms with Crippen LogP contribution in [0, 0.1) is 5.92 Å². The van der Waals surface area contributed by atoms with E-state index in [0.717, 1.165) is 25.7 Å². The molecule has 108 valence electrons. The van der Waals surface area contributed by atoms with Crippen LogP contribution in [0.25, 0.3) is 0 Å². The summed E-state index contributed by atoms with van der Waals surface area (Å²) in [6.07, 6.45) is 2.88. The molecule has 1 saturated heterocycles. The molecule has 0 aromatic heterocycles. The normalized spacial score (nSPS) is 29.2. The number of esters is 2. The van der Waals surface area contributed by atoms with Crippen molar-refractivity contribution in [2.24, 2.45) is 5.92 Å². The van der Waals surface area contributed by atoms with Gasteiger partial charge in [0, 0.05) is 5.92 Å². The number of carbonyl (C=O) groups excluding carboxylic acids is 2. The first-order valence-electron chi connectivity index (χ1n) is 6.64. The predicted molar refractivity (Wildman–Crippen MR) is 64.1 cm³/mol. The SMILES string of the molecule is COC(=O)[C@@H]1OC(C2CCCCC2)O[C@H]1C(=O)OC. The van der Waals surface area contributed by atoms with Crippen LogP contribution in [0.15, 0.2) is 0 Å². The van der Waals surface area contributed by atoms with E-state index in [1.165, 1.54) is 20.6 Å². The molecule has 0 aromatic carbocycles. The van der Waals surface area contributed by atoms with Gasteiger partial charge in [0.25, 0.3) is 0 Å². The molecule has 0 aromatic rings. The molecular weight excluding hydrogens is 252 g/mol. The summed E-state index contributed by atoms with van der Waals surface area (Å²) in [5, 5.41) is 0. The molecule has 19 heavy (non-hydrogen) atoms. The van der Waals surface area contributed by atoms with E-state index in [1.807, 2.05) is 0 Å². The average molecular weight is 272 g/mol. The van der Waals surface area contributed by atoms with Crippen LogP contribution in [-0.2, 0) is 28.5 Å². The van der Waals surface area contributed by atoms with E-state index in [-0.39, 0.29) is 5.92 Å². The van der Waals surface area contributed by atoms with Crippen molar-refractivity contribution in [1.29, 1.82) is 0 Å². The molecule has 0 amide bonds. The molecule has 1 heterocycles. The summed E-state index contributed by atoms with van der Waals surface area (Å²) in [5.41, 5.74) is 0. The summed E-state index contributed by atoms with van der Waals surface area (Å²) < 4.78 is 20.5. The molecule has 1 aliphatic heterocycles. The molecule has 1 saturated carbocycles. The van der Waals surface area contributed by atoms with Crippen LogP contribution in [0.2, 0.25) is 0 Å². The highest BCUT2D eigenvalue weighted by Crippen LogP contribution is 2.34. The molecule has 2 fully saturated rings. The highest BCUT2D eigenvalue weighted by Gasteiger charge is 2.48. The number of hydrogen-bond donors (Lipinski definition) is 0. The number of carbonyl (C=O) groups is 2. The first-order valence-corrected chi connectivity index (χ1v) is 6.64. The minimum absolute atomic E-state index is 0.232. The maximum Gasteiger partial charge on any atom is 0.338 e. The van der Waals surface area contributed by atoms with Gasteiger partial charge in [-0.05, 0) is 12.8 Å². The van der Waals surface area contributed by atoms with E-state index < -0.39 is 30.4 Å². The zero-order valence-corrected chi connectivity index (χ0v) is 11.3. The molecule has 2 rings (SSSR count). The second kappa shape index (κ2) is 6.34. The zero-order valence-electron chi connectivity index (χ0n) is 11.3. The van der Waals surface area contributed by atoms with E-state index in [2.05, 4.69) is 9.47 Å². The molecule has 1 aliphatic carbocycles. The maximum atomic E-state index is 11.6. The van der Waals surface area contributed by atoms with Gasteiger partial charge in [-0.15, -0.1) is 0 Å². The quantitative estimate of drug-likeness (QED) is 0.714. The fraction of sp³-hybridized carbons (Fsp3) is 0.846. The second-order valence-electron chi connectivity index (χ2n) is 4.93. The van der Waals surface area contributed by atoms with Gasteiger partial charge in [-0.2, -0.15) is 0 Å². The zero-order chi connectivity index (χ0) is 13.8. The fourth-order valence-corrected chi connectivity index (χ4v) is 2.68. The first-order chi connectivity index (χ1) is 9.17. The van der Waals surface area contributed by atoms with Gasteiger partial charge in [0.1, 0.15) is 0 Å². The standard InChI is InChI=1S/C13H20O6/c1-16-11(14)9-10(12(15)17-2)19-13(18-9)8-6-4-3-5-7-8/h8-10,13H,3-7H2,1-2H3/t9-,10-/m1/s1. The molecule has 0 bridgehead atoms. The van der Waals surface area contributed by atoms with E-state index in [9.17, 15) is 9.59 Å². The van der Waals surface area contributed by atoms with Crippen molar-refractivity contribution >= 4 is 11.9 Å². The molecule has 6 heteroatoms. The molecule has 6 nitrogen and oxygen atoms in total. The molecule has 0 spiro atoms. The van der Waals surface area contributed by atoms with Gasteiger partial charge in [0.2, 0.25) is 0 Å². The van der Waals surface area contributed by atoms with Crippen LogP contribution in [0.3, 0.4) is 0 Å². The van der Waals surface area contributed by atoms with E-state index >= 15 is 0 Å². The van der Waals surface area contributed by atoms with Crippen molar-refractivity contribution in [2.75, 3.05) is 14.2 Å². The van der Waals surface area contributed by atoms with Crippen molar-refractivity contribution in [1.82, 2.24) is 0 Å². The Kier molecular flexibility index (Phi) is 4.76. The lowest BCUT2D eigenvalue weighted by atomic mass is 9.89. The Morgan fingerprint density at radius 2 is 1.37 bits per heavy atom. The Balaban J connectivity index is 2.05. The van der Waals surface area contributed by atoms with E-state index in [0.29, 0.717) is 0 Å². The second-order valence-corrected chi connectivity index (χ2v) is 4.93. The van der Waals surface area contributed by atoms with Gasteiger partial charge in [-0.3, -0.25) is 0 Å². The topological polar surface area (TPSA) is 71.1 Å². The van der Waals surface area contributed by atoms with Crippen molar-refractivity contribution in [2.45, 2.75) is 50.6 Å². The van der Waals surface area contributed by atoms with Crippen LogP contribution < -0.4 is 0 Å². The third-order valence-corrected chi connectivity index (χ3v) is 3.74. The minimum atomic E-state index is -1.02. The lowest BCUT2D eigenvalue weighted by Gasteiger charge is -2.25. The van der Waals surface area contributed by atoms with Crippen molar-refractivity contribution < 1.29 is 28.5 Å². The van der Waals surface area contributed by atoms with Crippen LogP contribution in [0.5, 0.6) is 0 Å². The average Bonchev–Trinajstić information content (AvgIpc) is 2.91. The molecule has 0 N–H and O–H groups in total. The molecule has 0 radical (unpaired) electrons. The molecule has 2 atom stereocenters. The third kappa shape index (κ3) is 3.06. The first kappa shape index (κ1) is 14.3. The van der Waals surface area contributed by atoms with E-state index in [4.69, 9.17) is 9.47 Å². The number of methoxy groups -OCH3 is 2.